The highest BCUT2D eigenvalue weighted by molar-refractivity contribution is 5.48. The summed E-state index contributed by atoms with van der Waals surface area (Å²) >= 11 is 0. The van der Waals surface area contributed by atoms with Crippen molar-refractivity contribution in [1.29, 1.82) is 0 Å². The van der Waals surface area contributed by atoms with Gasteiger partial charge in [0.25, 0.3) is 0 Å². The number of likely N-dealkylation sites (tertiary alicyclic amines) is 1. The number of carbonyl (C=O) groups is 1. The number of amides is 1. The van der Waals surface area contributed by atoms with E-state index in [4.69, 9.17) is 9.26 Å². The van der Waals surface area contributed by atoms with Gasteiger partial charge in [0.15, 0.2) is 5.82 Å². The van der Waals surface area contributed by atoms with Crippen molar-refractivity contribution >= 4 is 6.41 Å². The molecule has 2 aromatic rings. The lowest BCUT2D eigenvalue weighted by atomic mass is 9.84. The van der Waals surface area contributed by atoms with Gasteiger partial charge in [-0.15, -0.1) is 0 Å². The second-order valence-electron chi connectivity index (χ2n) is 6.60. The second-order valence-corrected chi connectivity index (χ2v) is 6.60. The predicted molar refractivity (Wildman–Crippen MR) is 89.1 cm³/mol. The lowest BCUT2D eigenvalue weighted by Crippen LogP contribution is -2.37. The summed E-state index contributed by atoms with van der Waals surface area (Å²) < 4.78 is 48.6. The lowest BCUT2D eigenvalue weighted by Gasteiger charge is -2.34. The number of nitrogens with zero attached hydrogens (tertiary/aromatic N) is 3. The minimum Gasteiger partial charge on any atom is -0.384 e. The summed E-state index contributed by atoms with van der Waals surface area (Å²) in [4.78, 5) is 17.3. The number of halogens is 3. The fraction of sp³-hybridized carbons (Fsp3) is 0.500. The number of carbonyl (C=O) groups excluding carboxylic acids is 1. The standard InChI is InChI=1S/C18H20F3N3O3/c1-26-7-6-16-22-17(27-23-16)14-8-13(9-24(10-14)11-25)12-2-4-15(5-3-12)18(19,20)21/h2-5,11,13-14H,6-10H2,1H3. The Morgan fingerprint density at radius 1 is 1.26 bits per heavy atom. The molecule has 6 nitrogen and oxygen atoms in total. The SMILES string of the molecule is COCCc1noc(C2CC(c3ccc(C(F)(F)F)cc3)CN(C=O)C2)n1. The molecule has 0 radical (unpaired) electrons. The molecule has 1 aliphatic heterocycles. The van der Waals surface area contributed by atoms with E-state index in [1.54, 1.807) is 12.0 Å². The fourth-order valence-corrected chi connectivity index (χ4v) is 3.31. The maximum absolute atomic E-state index is 12.8. The Morgan fingerprint density at radius 3 is 2.59 bits per heavy atom. The minimum atomic E-state index is -4.37. The molecule has 0 bridgehead atoms. The largest absolute Gasteiger partial charge is 0.416 e. The molecule has 9 heteroatoms. The van der Waals surface area contributed by atoms with E-state index in [1.807, 2.05) is 0 Å². The van der Waals surface area contributed by atoms with Crippen LogP contribution in [0.15, 0.2) is 28.8 Å². The Labute approximate surface area is 154 Å². The lowest BCUT2D eigenvalue weighted by molar-refractivity contribution is -0.137. The maximum atomic E-state index is 12.8. The normalized spacial score (nSPS) is 20.7. The van der Waals surface area contributed by atoms with Crippen molar-refractivity contribution in [3.63, 3.8) is 0 Å². The number of piperidine rings is 1. The summed E-state index contributed by atoms with van der Waals surface area (Å²) in [5.41, 5.74) is 0.0595. The second kappa shape index (κ2) is 8.08. The Hall–Kier alpha value is -2.42. The maximum Gasteiger partial charge on any atom is 0.416 e. The van der Waals surface area contributed by atoms with E-state index < -0.39 is 11.7 Å². The van der Waals surface area contributed by atoms with Crippen LogP contribution in [0.3, 0.4) is 0 Å². The minimum absolute atomic E-state index is 0.106. The van der Waals surface area contributed by atoms with E-state index in [-0.39, 0.29) is 11.8 Å². The third kappa shape index (κ3) is 4.65. The van der Waals surface area contributed by atoms with Gasteiger partial charge in [-0.2, -0.15) is 18.2 Å². The van der Waals surface area contributed by atoms with Crippen LogP contribution >= 0.6 is 0 Å². The molecule has 27 heavy (non-hydrogen) atoms. The molecule has 3 rings (SSSR count). The van der Waals surface area contributed by atoms with Gasteiger partial charge in [0, 0.05) is 32.5 Å². The van der Waals surface area contributed by atoms with Gasteiger partial charge in [0.05, 0.1) is 18.1 Å². The van der Waals surface area contributed by atoms with Crippen LogP contribution < -0.4 is 0 Å². The molecule has 2 heterocycles. The zero-order chi connectivity index (χ0) is 19.4. The number of aromatic nitrogens is 2. The first kappa shape index (κ1) is 19.3. The Kier molecular flexibility index (Phi) is 5.79. The summed E-state index contributed by atoms with van der Waals surface area (Å²) in [5.74, 6) is 0.691. The molecule has 2 unspecified atom stereocenters. The number of alkyl halides is 3. The van der Waals surface area contributed by atoms with Crippen LogP contribution in [0, 0.1) is 0 Å². The molecule has 1 aromatic carbocycles. The van der Waals surface area contributed by atoms with Gasteiger partial charge in [-0.25, -0.2) is 0 Å². The number of hydrogen-bond acceptors (Lipinski definition) is 5. The first-order chi connectivity index (χ1) is 12.9. The number of hydrogen-bond donors (Lipinski definition) is 0. The molecule has 1 aromatic heterocycles. The predicted octanol–water partition coefficient (Wildman–Crippen LogP) is 3.01. The third-order valence-electron chi connectivity index (χ3n) is 4.70. The molecular formula is C18H20F3N3O3. The molecule has 0 saturated carbocycles. The van der Waals surface area contributed by atoms with Gasteiger partial charge < -0.3 is 14.2 Å². The smallest absolute Gasteiger partial charge is 0.384 e. The summed E-state index contributed by atoms with van der Waals surface area (Å²) in [6, 6.07) is 5.08. The van der Waals surface area contributed by atoms with Crippen LogP contribution in [-0.4, -0.2) is 48.3 Å². The van der Waals surface area contributed by atoms with Crippen LogP contribution in [0.4, 0.5) is 13.2 Å². The summed E-state index contributed by atoms with van der Waals surface area (Å²) in [7, 11) is 1.58. The summed E-state index contributed by atoms with van der Waals surface area (Å²) in [6.45, 7) is 1.35. The van der Waals surface area contributed by atoms with Gasteiger partial charge in [-0.1, -0.05) is 17.3 Å². The van der Waals surface area contributed by atoms with E-state index in [1.165, 1.54) is 12.1 Å². The van der Waals surface area contributed by atoms with Crippen LogP contribution in [0.25, 0.3) is 0 Å². The van der Waals surface area contributed by atoms with Crippen LogP contribution in [0.2, 0.25) is 0 Å². The zero-order valence-corrected chi connectivity index (χ0v) is 14.8. The number of rotatable bonds is 6. The summed E-state index contributed by atoms with van der Waals surface area (Å²) in [6.07, 6.45) is -2.50. The van der Waals surface area contributed by atoms with E-state index in [0.717, 1.165) is 24.1 Å². The Morgan fingerprint density at radius 2 is 1.96 bits per heavy atom. The van der Waals surface area contributed by atoms with Crippen molar-refractivity contribution in [2.75, 3.05) is 26.8 Å². The van der Waals surface area contributed by atoms with Gasteiger partial charge in [0.1, 0.15) is 0 Å². The van der Waals surface area contributed by atoms with Gasteiger partial charge >= 0.3 is 6.18 Å². The average molecular weight is 383 g/mol. The third-order valence-corrected chi connectivity index (χ3v) is 4.70. The molecule has 146 valence electrons. The van der Waals surface area contributed by atoms with Gasteiger partial charge in [-0.05, 0) is 24.1 Å². The quantitative estimate of drug-likeness (QED) is 0.718. The van der Waals surface area contributed by atoms with Gasteiger partial charge in [0.2, 0.25) is 12.3 Å². The molecule has 1 fully saturated rings. The zero-order valence-electron chi connectivity index (χ0n) is 14.8. The molecule has 2 atom stereocenters. The number of benzene rings is 1. The highest BCUT2D eigenvalue weighted by Crippen LogP contribution is 2.36. The van der Waals surface area contributed by atoms with Crippen molar-refractivity contribution in [3.8, 4) is 0 Å². The van der Waals surface area contributed by atoms with Gasteiger partial charge in [-0.3, -0.25) is 4.79 Å². The van der Waals surface area contributed by atoms with E-state index >= 15 is 0 Å². The van der Waals surface area contributed by atoms with Crippen molar-refractivity contribution in [2.24, 2.45) is 0 Å². The Bertz CT molecular complexity index is 761. The summed E-state index contributed by atoms with van der Waals surface area (Å²) in [5, 5.41) is 3.92. The van der Waals surface area contributed by atoms with Crippen molar-refractivity contribution in [3.05, 3.63) is 47.1 Å². The monoisotopic (exact) mass is 383 g/mol. The Balaban J connectivity index is 1.76. The average Bonchev–Trinajstić information content (AvgIpc) is 3.14. The van der Waals surface area contributed by atoms with Crippen molar-refractivity contribution < 1.29 is 27.2 Å². The first-order valence-electron chi connectivity index (χ1n) is 8.58. The highest BCUT2D eigenvalue weighted by Gasteiger charge is 2.33. The molecule has 1 amide bonds. The topological polar surface area (TPSA) is 68.5 Å². The van der Waals surface area contributed by atoms with E-state index in [0.29, 0.717) is 44.3 Å². The molecule has 0 N–H and O–H groups in total. The van der Waals surface area contributed by atoms with Crippen LogP contribution in [0.5, 0.6) is 0 Å². The molecule has 1 aliphatic rings. The molecule has 0 spiro atoms. The number of methoxy groups -OCH3 is 1. The first-order valence-corrected chi connectivity index (χ1v) is 8.58. The molecule has 0 aliphatic carbocycles. The van der Waals surface area contributed by atoms with Crippen molar-refractivity contribution in [1.82, 2.24) is 15.0 Å². The van der Waals surface area contributed by atoms with E-state index in [9.17, 15) is 18.0 Å². The van der Waals surface area contributed by atoms with Crippen molar-refractivity contribution in [2.45, 2.75) is 30.9 Å². The van der Waals surface area contributed by atoms with Crippen LogP contribution in [0.1, 0.15) is 41.1 Å². The highest BCUT2D eigenvalue weighted by atomic mass is 19.4. The number of ether oxygens (including phenoxy) is 1. The van der Waals surface area contributed by atoms with Crippen LogP contribution in [-0.2, 0) is 22.1 Å². The fourth-order valence-electron chi connectivity index (χ4n) is 3.31. The molecular weight excluding hydrogens is 363 g/mol. The van der Waals surface area contributed by atoms with E-state index in [2.05, 4.69) is 10.1 Å². The molecule has 1 saturated heterocycles.